The molecule has 5 heteroatoms. The lowest BCUT2D eigenvalue weighted by molar-refractivity contribution is -0.150. The summed E-state index contributed by atoms with van der Waals surface area (Å²) in [5, 5.41) is 13.7. The van der Waals surface area contributed by atoms with Crippen molar-refractivity contribution in [2.75, 3.05) is 7.11 Å². The maximum Gasteiger partial charge on any atom is 0.333 e. The highest BCUT2D eigenvalue weighted by atomic mass is 16.5. The number of hydrogen-bond acceptors (Lipinski definition) is 4. The van der Waals surface area contributed by atoms with Gasteiger partial charge in [-0.15, -0.1) is 0 Å². The Morgan fingerprint density at radius 2 is 2.11 bits per heavy atom. The van der Waals surface area contributed by atoms with E-state index in [4.69, 9.17) is 4.74 Å². The van der Waals surface area contributed by atoms with Crippen LogP contribution in [0, 0.1) is 0 Å². The molecule has 1 heterocycles. The Hall–Kier alpha value is -2.30. The van der Waals surface area contributed by atoms with Crippen LogP contribution < -0.4 is 0 Å². The summed E-state index contributed by atoms with van der Waals surface area (Å²) < 4.78 is 6.32. The summed E-state index contributed by atoms with van der Waals surface area (Å²) in [5.41, 5.74) is 0.795. The van der Waals surface area contributed by atoms with Gasteiger partial charge < -0.3 is 9.84 Å². The highest BCUT2D eigenvalue weighted by molar-refractivity contribution is 5.78. The van der Waals surface area contributed by atoms with Crippen LogP contribution in [0.15, 0.2) is 36.7 Å². The molecule has 0 saturated carbocycles. The number of hydrogen-bond donors (Lipinski definition) is 1. The predicted molar refractivity (Wildman–Crippen MR) is 70.7 cm³/mol. The van der Waals surface area contributed by atoms with Crippen LogP contribution in [0.4, 0.5) is 0 Å². The monoisotopic (exact) mass is 260 g/mol. The van der Waals surface area contributed by atoms with Gasteiger partial charge in [0, 0.05) is 11.8 Å². The Morgan fingerprint density at radius 1 is 1.37 bits per heavy atom. The number of benzene rings is 1. The van der Waals surface area contributed by atoms with Crippen LogP contribution >= 0.6 is 0 Å². The third kappa shape index (κ3) is 2.45. The normalized spacial score (nSPS) is 11.3. The highest BCUT2D eigenvalue weighted by Crippen LogP contribution is 2.25. The molecule has 0 aliphatic rings. The summed E-state index contributed by atoms with van der Waals surface area (Å²) in [7, 11) is 1.35. The Balaban J connectivity index is 2.37. The molecule has 0 atom stereocenters. The SMILES string of the molecule is COC(=O)C(C)(C)n1cc(-c2cccc(O)c2)cn1. The average molecular weight is 260 g/mol. The van der Waals surface area contributed by atoms with Crippen molar-refractivity contribution in [3.8, 4) is 16.9 Å². The summed E-state index contributed by atoms with van der Waals surface area (Å²) in [6.07, 6.45) is 3.41. The van der Waals surface area contributed by atoms with Gasteiger partial charge in [0.05, 0.1) is 13.3 Å². The fraction of sp³-hybridized carbons (Fsp3) is 0.286. The summed E-state index contributed by atoms with van der Waals surface area (Å²) >= 11 is 0. The Kier molecular flexibility index (Phi) is 3.29. The molecule has 0 amide bonds. The van der Waals surface area contributed by atoms with Crippen LogP contribution in [0.2, 0.25) is 0 Å². The van der Waals surface area contributed by atoms with Gasteiger partial charge in [-0.1, -0.05) is 12.1 Å². The second-order valence-electron chi connectivity index (χ2n) is 4.77. The average Bonchev–Trinajstić information content (AvgIpc) is 2.88. The molecule has 0 unspecified atom stereocenters. The van der Waals surface area contributed by atoms with E-state index < -0.39 is 5.54 Å². The molecule has 0 saturated heterocycles. The minimum atomic E-state index is -0.871. The molecule has 0 bridgehead atoms. The Bertz CT molecular complexity index is 602. The molecule has 1 N–H and O–H groups in total. The number of phenolic OH excluding ortho intramolecular Hbond substituents is 1. The third-order valence-electron chi connectivity index (χ3n) is 3.02. The van der Waals surface area contributed by atoms with Crippen molar-refractivity contribution in [1.82, 2.24) is 9.78 Å². The van der Waals surface area contributed by atoms with E-state index >= 15 is 0 Å². The fourth-order valence-electron chi connectivity index (χ4n) is 1.81. The second kappa shape index (κ2) is 4.76. The van der Waals surface area contributed by atoms with Crippen molar-refractivity contribution in [1.29, 1.82) is 0 Å². The van der Waals surface area contributed by atoms with Crippen molar-refractivity contribution in [2.24, 2.45) is 0 Å². The van der Waals surface area contributed by atoms with Crippen LogP contribution in [0.3, 0.4) is 0 Å². The summed E-state index contributed by atoms with van der Waals surface area (Å²) in [6.45, 7) is 3.47. The number of aromatic hydroxyl groups is 1. The van der Waals surface area contributed by atoms with Crippen molar-refractivity contribution in [3.05, 3.63) is 36.7 Å². The van der Waals surface area contributed by atoms with Crippen LogP contribution in [0.5, 0.6) is 5.75 Å². The van der Waals surface area contributed by atoms with Gasteiger partial charge in [-0.2, -0.15) is 5.10 Å². The predicted octanol–water partition coefficient (Wildman–Crippen LogP) is 2.16. The molecule has 0 fully saturated rings. The van der Waals surface area contributed by atoms with Gasteiger partial charge >= 0.3 is 5.97 Å². The number of aromatic nitrogens is 2. The number of phenols is 1. The second-order valence-corrected chi connectivity index (χ2v) is 4.77. The maximum absolute atomic E-state index is 11.7. The largest absolute Gasteiger partial charge is 0.508 e. The molecule has 5 nitrogen and oxygen atoms in total. The zero-order chi connectivity index (χ0) is 14.0. The topological polar surface area (TPSA) is 64.3 Å². The van der Waals surface area contributed by atoms with E-state index in [1.54, 1.807) is 49.1 Å². The minimum absolute atomic E-state index is 0.192. The van der Waals surface area contributed by atoms with Gasteiger partial charge in [-0.3, -0.25) is 4.68 Å². The van der Waals surface area contributed by atoms with Crippen molar-refractivity contribution in [2.45, 2.75) is 19.4 Å². The highest BCUT2D eigenvalue weighted by Gasteiger charge is 2.31. The lowest BCUT2D eigenvalue weighted by Crippen LogP contribution is -2.37. The molecule has 0 radical (unpaired) electrons. The van der Waals surface area contributed by atoms with E-state index in [2.05, 4.69) is 5.10 Å². The van der Waals surface area contributed by atoms with E-state index in [9.17, 15) is 9.90 Å². The molecular weight excluding hydrogens is 244 g/mol. The number of carbonyl (C=O) groups is 1. The number of rotatable bonds is 3. The first-order valence-corrected chi connectivity index (χ1v) is 5.88. The lowest BCUT2D eigenvalue weighted by atomic mass is 10.1. The summed E-state index contributed by atoms with van der Waals surface area (Å²) in [6, 6.07) is 6.87. The summed E-state index contributed by atoms with van der Waals surface area (Å²) in [5.74, 6) is -0.171. The molecular formula is C14H16N2O3. The molecule has 2 aromatic rings. The molecule has 0 aliphatic heterocycles. The number of nitrogens with zero attached hydrogens (tertiary/aromatic N) is 2. The van der Waals surface area contributed by atoms with Crippen molar-refractivity contribution < 1.29 is 14.6 Å². The van der Waals surface area contributed by atoms with Crippen molar-refractivity contribution >= 4 is 5.97 Å². The van der Waals surface area contributed by atoms with E-state index in [0.717, 1.165) is 11.1 Å². The number of carbonyl (C=O) groups excluding carboxylic acids is 1. The van der Waals surface area contributed by atoms with Gasteiger partial charge in [0.2, 0.25) is 0 Å². The first-order valence-electron chi connectivity index (χ1n) is 5.88. The van der Waals surface area contributed by atoms with Crippen LogP contribution in [0.25, 0.3) is 11.1 Å². The van der Waals surface area contributed by atoms with Gasteiger partial charge in [0.1, 0.15) is 5.75 Å². The van der Waals surface area contributed by atoms with Crippen LogP contribution in [-0.4, -0.2) is 28.0 Å². The van der Waals surface area contributed by atoms with Gasteiger partial charge in [-0.05, 0) is 31.5 Å². The zero-order valence-electron chi connectivity index (χ0n) is 11.1. The van der Waals surface area contributed by atoms with Crippen LogP contribution in [-0.2, 0) is 15.1 Å². The van der Waals surface area contributed by atoms with Crippen LogP contribution in [0.1, 0.15) is 13.8 Å². The lowest BCUT2D eigenvalue weighted by Gasteiger charge is -2.21. The van der Waals surface area contributed by atoms with Crippen molar-refractivity contribution in [3.63, 3.8) is 0 Å². The Morgan fingerprint density at radius 3 is 2.74 bits per heavy atom. The first kappa shape index (κ1) is 13.1. The Labute approximate surface area is 111 Å². The molecule has 0 aliphatic carbocycles. The smallest absolute Gasteiger partial charge is 0.333 e. The zero-order valence-corrected chi connectivity index (χ0v) is 11.1. The third-order valence-corrected chi connectivity index (χ3v) is 3.02. The number of ether oxygens (including phenoxy) is 1. The number of methoxy groups -OCH3 is 1. The standard InChI is InChI=1S/C14H16N2O3/c1-14(2,13(18)19-3)16-9-11(8-15-16)10-5-4-6-12(17)7-10/h4-9,17H,1-3H3. The molecule has 100 valence electrons. The fourth-order valence-corrected chi connectivity index (χ4v) is 1.81. The quantitative estimate of drug-likeness (QED) is 0.859. The van der Waals surface area contributed by atoms with E-state index in [1.165, 1.54) is 7.11 Å². The minimum Gasteiger partial charge on any atom is -0.508 e. The number of esters is 1. The maximum atomic E-state index is 11.7. The molecule has 2 rings (SSSR count). The molecule has 0 spiro atoms. The molecule has 1 aromatic carbocycles. The van der Waals surface area contributed by atoms with E-state index in [0.29, 0.717) is 0 Å². The molecule has 1 aromatic heterocycles. The van der Waals surface area contributed by atoms with E-state index in [-0.39, 0.29) is 11.7 Å². The molecule has 19 heavy (non-hydrogen) atoms. The van der Waals surface area contributed by atoms with Gasteiger partial charge in [-0.25, -0.2) is 4.79 Å². The van der Waals surface area contributed by atoms with Gasteiger partial charge in [0.25, 0.3) is 0 Å². The summed E-state index contributed by atoms with van der Waals surface area (Å²) in [4.78, 5) is 11.7. The van der Waals surface area contributed by atoms with E-state index in [1.807, 2.05) is 6.07 Å². The van der Waals surface area contributed by atoms with Gasteiger partial charge in [0.15, 0.2) is 5.54 Å². The first-order chi connectivity index (χ1) is 8.95.